The van der Waals surface area contributed by atoms with Crippen LogP contribution >= 0.6 is 11.3 Å². The maximum atomic E-state index is 12.0. The lowest BCUT2D eigenvalue weighted by Crippen LogP contribution is -2.26. The van der Waals surface area contributed by atoms with E-state index in [0.717, 1.165) is 17.1 Å². The van der Waals surface area contributed by atoms with Gasteiger partial charge in [-0.05, 0) is 32.0 Å². The van der Waals surface area contributed by atoms with Crippen LogP contribution in [0, 0.1) is 13.8 Å². The van der Waals surface area contributed by atoms with E-state index < -0.39 is 5.91 Å². The van der Waals surface area contributed by atoms with Gasteiger partial charge in [0.05, 0.1) is 10.7 Å². The molecular formula is C15H17N3O2S. The second-order valence-electron chi connectivity index (χ2n) is 4.69. The summed E-state index contributed by atoms with van der Waals surface area (Å²) in [5, 5.41) is 3.87. The number of aromatic nitrogens is 1. The lowest BCUT2D eigenvalue weighted by atomic mass is 10.1. The minimum Gasteiger partial charge on any atom is -0.366 e. The van der Waals surface area contributed by atoms with Gasteiger partial charge in [0.1, 0.15) is 0 Å². The molecule has 0 atom stereocenters. The SMILES string of the molecule is Cc1nc(C)c(CCNC(=O)c2cccc(C(N)=O)c2)s1. The van der Waals surface area contributed by atoms with Crippen LogP contribution in [-0.2, 0) is 6.42 Å². The van der Waals surface area contributed by atoms with Crippen LogP contribution in [0.4, 0.5) is 0 Å². The van der Waals surface area contributed by atoms with Gasteiger partial charge >= 0.3 is 0 Å². The van der Waals surface area contributed by atoms with Gasteiger partial charge in [-0.2, -0.15) is 0 Å². The van der Waals surface area contributed by atoms with Crippen molar-refractivity contribution in [2.75, 3.05) is 6.54 Å². The number of hydrogen-bond donors (Lipinski definition) is 2. The molecule has 2 amide bonds. The van der Waals surface area contributed by atoms with E-state index in [9.17, 15) is 9.59 Å². The summed E-state index contributed by atoms with van der Waals surface area (Å²) in [6.07, 6.45) is 0.749. The molecule has 2 rings (SSSR count). The Labute approximate surface area is 127 Å². The molecule has 6 heteroatoms. The highest BCUT2D eigenvalue weighted by molar-refractivity contribution is 7.11. The molecular weight excluding hydrogens is 286 g/mol. The summed E-state index contributed by atoms with van der Waals surface area (Å²) in [5.41, 5.74) is 6.98. The van der Waals surface area contributed by atoms with Crippen molar-refractivity contribution >= 4 is 23.2 Å². The normalized spacial score (nSPS) is 10.4. The molecule has 3 N–H and O–H groups in total. The zero-order valence-electron chi connectivity index (χ0n) is 12.0. The first-order chi connectivity index (χ1) is 9.97. The first-order valence-electron chi connectivity index (χ1n) is 6.58. The van der Waals surface area contributed by atoms with Crippen LogP contribution in [0.15, 0.2) is 24.3 Å². The lowest BCUT2D eigenvalue weighted by molar-refractivity contribution is 0.0954. The maximum absolute atomic E-state index is 12.0. The molecule has 1 aromatic heterocycles. The van der Waals surface area contributed by atoms with Gasteiger partial charge < -0.3 is 11.1 Å². The topological polar surface area (TPSA) is 85.1 Å². The highest BCUT2D eigenvalue weighted by Gasteiger charge is 2.09. The minimum atomic E-state index is -0.541. The molecule has 0 saturated heterocycles. The number of aryl methyl sites for hydroxylation is 2. The van der Waals surface area contributed by atoms with E-state index in [1.807, 2.05) is 13.8 Å². The van der Waals surface area contributed by atoms with Crippen molar-refractivity contribution in [3.63, 3.8) is 0 Å². The second-order valence-corrected chi connectivity index (χ2v) is 5.98. The van der Waals surface area contributed by atoms with E-state index in [-0.39, 0.29) is 5.91 Å². The Balaban J connectivity index is 1.94. The van der Waals surface area contributed by atoms with E-state index in [1.54, 1.807) is 29.5 Å². The standard InChI is InChI=1S/C15H17N3O2S/c1-9-13(21-10(2)18-9)6-7-17-15(20)12-5-3-4-11(8-12)14(16)19/h3-5,8H,6-7H2,1-2H3,(H2,16,19)(H,17,20). The molecule has 1 aromatic carbocycles. The van der Waals surface area contributed by atoms with Crippen LogP contribution in [0.3, 0.4) is 0 Å². The third-order valence-corrected chi connectivity index (χ3v) is 4.18. The summed E-state index contributed by atoms with van der Waals surface area (Å²) in [6, 6.07) is 6.39. The Hall–Kier alpha value is -2.21. The number of hydrogen-bond acceptors (Lipinski definition) is 4. The smallest absolute Gasteiger partial charge is 0.251 e. The Morgan fingerprint density at radius 2 is 2.00 bits per heavy atom. The quantitative estimate of drug-likeness (QED) is 0.883. The predicted octanol–water partition coefficient (Wildman–Crippen LogP) is 1.83. The van der Waals surface area contributed by atoms with E-state index in [1.165, 1.54) is 10.9 Å². The largest absolute Gasteiger partial charge is 0.366 e. The van der Waals surface area contributed by atoms with Gasteiger partial charge in [0.2, 0.25) is 5.91 Å². The van der Waals surface area contributed by atoms with Gasteiger partial charge in [0, 0.05) is 29.0 Å². The number of nitrogens with two attached hydrogens (primary N) is 1. The highest BCUT2D eigenvalue weighted by atomic mass is 32.1. The minimum absolute atomic E-state index is 0.211. The Morgan fingerprint density at radius 3 is 2.62 bits per heavy atom. The summed E-state index contributed by atoms with van der Waals surface area (Å²) in [5.74, 6) is -0.752. The van der Waals surface area contributed by atoms with Crippen molar-refractivity contribution in [1.82, 2.24) is 10.3 Å². The zero-order chi connectivity index (χ0) is 15.4. The molecule has 0 saturated carbocycles. The number of primary amides is 1. The fraction of sp³-hybridized carbons (Fsp3) is 0.267. The summed E-state index contributed by atoms with van der Waals surface area (Å²) in [6.45, 7) is 4.47. The zero-order valence-corrected chi connectivity index (χ0v) is 12.8. The Kier molecular flexibility index (Phi) is 4.70. The van der Waals surface area contributed by atoms with Crippen molar-refractivity contribution in [2.24, 2.45) is 5.73 Å². The number of nitrogens with zero attached hydrogens (tertiary/aromatic N) is 1. The third kappa shape index (κ3) is 3.88. The van der Waals surface area contributed by atoms with Crippen LogP contribution in [0.2, 0.25) is 0 Å². The average Bonchev–Trinajstić information content (AvgIpc) is 2.77. The molecule has 0 spiro atoms. The van der Waals surface area contributed by atoms with Crippen molar-refractivity contribution in [1.29, 1.82) is 0 Å². The number of carbonyl (C=O) groups excluding carboxylic acids is 2. The molecule has 0 bridgehead atoms. The maximum Gasteiger partial charge on any atom is 0.251 e. The van der Waals surface area contributed by atoms with Crippen LogP contribution in [0.5, 0.6) is 0 Å². The molecule has 0 aliphatic carbocycles. The predicted molar refractivity (Wildman–Crippen MR) is 82.6 cm³/mol. The second kappa shape index (κ2) is 6.49. The monoisotopic (exact) mass is 303 g/mol. The Morgan fingerprint density at radius 1 is 1.29 bits per heavy atom. The van der Waals surface area contributed by atoms with E-state index in [0.29, 0.717) is 17.7 Å². The molecule has 0 aliphatic rings. The summed E-state index contributed by atoms with van der Waals surface area (Å²) in [4.78, 5) is 28.7. The number of benzene rings is 1. The van der Waals surface area contributed by atoms with Crippen molar-refractivity contribution in [3.05, 3.63) is 51.0 Å². The highest BCUT2D eigenvalue weighted by Crippen LogP contribution is 2.17. The molecule has 110 valence electrons. The van der Waals surface area contributed by atoms with E-state index >= 15 is 0 Å². The van der Waals surface area contributed by atoms with Gasteiger partial charge in [-0.15, -0.1) is 11.3 Å². The fourth-order valence-corrected chi connectivity index (χ4v) is 2.95. The molecule has 0 unspecified atom stereocenters. The van der Waals surface area contributed by atoms with Gasteiger partial charge in [0.15, 0.2) is 0 Å². The van der Waals surface area contributed by atoms with Crippen LogP contribution < -0.4 is 11.1 Å². The van der Waals surface area contributed by atoms with Gasteiger partial charge in [-0.1, -0.05) is 6.07 Å². The first kappa shape index (κ1) is 15.2. The molecule has 0 fully saturated rings. The van der Waals surface area contributed by atoms with Crippen LogP contribution in [0.25, 0.3) is 0 Å². The van der Waals surface area contributed by atoms with Gasteiger partial charge in [0.25, 0.3) is 5.91 Å². The number of rotatable bonds is 5. The summed E-state index contributed by atoms with van der Waals surface area (Å²) in [7, 11) is 0. The number of amides is 2. The first-order valence-corrected chi connectivity index (χ1v) is 7.40. The van der Waals surface area contributed by atoms with Gasteiger partial charge in [-0.25, -0.2) is 4.98 Å². The molecule has 2 aromatic rings. The fourth-order valence-electron chi connectivity index (χ4n) is 2.01. The molecule has 21 heavy (non-hydrogen) atoms. The number of thiazole rings is 1. The molecule has 1 heterocycles. The van der Waals surface area contributed by atoms with Crippen molar-refractivity contribution < 1.29 is 9.59 Å². The van der Waals surface area contributed by atoms with E-state index in [4.69, 9.17) is 5.73 Å². The lowest BCUT2D eigenvalue weighted by Gasteiger charge is -2.05. The van der Waals surface area contributed by atoms with Crippen molar-refractivity contribution in [3.8, 4) is 0 Å². The summed E-state index contributed by atoms with van der Waals surface area (Å²) < 4.78 is 0. The molecule has 0 aliphatic heterocycles. The molecule has 0 radical (unpaired) electrons. The van der Waals surface area contributed by atoms with Gasteiger partial charge in [-0.3, -0.25) is 9.59 Å². The number of carbonyl (C=O) groups is 2. The van der Waals surface area contributed by atoms with Crippen molar-refractivity contribution in [2.45, 2.75) is 20.3 Å². The van der Waals surface area contributed by atoms with Crippen LogP contribution in [-0.4, -0.2) is 23.3 Å². The van der Waals surface area contributed by atoms with Crippen LogP contribution in [0.1, 0.15) is 36.3 Å². The Bertz CT molecular complexity index is 679. The van der Waals surface area contributed by atoms with E-state index in [2.05, 4.69) is 10.3 Å². The summed E-state index contributed by atoms with van der Waals surface area (Å²) >= 11 is 1.64. The average molecular weight is 303 g/mol. The molecule has 5 nitrogen and oxygen atoms in total. The number of nitrogens with one attached hydrogen (secondary N) is 1. The third-order valence-electron chi connectivity index (χ3n) is 3.05.